The molecule has 1 aliphatic carbocycles. The predicted octanol–water partition coefficient (Wildman–Crippen LogP) is 2.97. The number of nitrogens with two attached hydrogens (primary N) is 1. The van der Waals surface area contributed by atoms with Crippen molar-refractivity contribution in [2.45, 2.75) is 56.1 Å². The Bertz CT molecular complexity index is 1220. The van der Waals surface area contributed by atoms with E-state index in [-0.39, 0.29) is 41.4 Å². The molecule has 2 saturated heterocycles. The lowest BCUT2D eigenvalue weighted by Crippen LogP contribution is -2.62. The lowest BCUT2D eigenvalue weighted by molar-refractivity contribution is -0.117. The molecule has 5 atom stereocenters. The molecule has 0 spiro atoms. The van der Waals surface area contributed by atoms with Gasteiger partial charge in [0.2, 0.25) is 5.88 Å². The first-order valence-corrected chi connectivity index (χ1v) is 13.4. The normalized spacial score (nSPS) is 29.1. The van der Waals surface area contributed by atoms with Gasteiger partial charge in [-0.25, -0.2) is 9.78 Å². The van der Waals surface area contributed by atoms with Gasteiger partial charge in [0.25, 0.3) is 5.91 Å². The van der Waals surface area contributed by atoms with Gasteiger partial charge < -0.3 is 26.4 Å². The third-order valence-corrected chi connectivity index (χ3v) is 8.87. The Balaban J connectivity index is 1.26. The third kappa shape index (κ3) is 4.12. The van der Waals surface area contributed by atoms with E-state index >= 15 is 0 Å². The van der Waals surface area contributed by atoms with E-state index in [0.29, 0.717) is 16.5 Å². The first-order chi connectivity index (χ1) is 17.5. The van der Waals surface area contributed by atoms with Crippen LogP contribution in [0.25, 0.3) is 0 Å². The molecule has 36 heavy (non-hydrogen) atoms. The second-order valence-electron chi connectivity index (χ2n) is 9.82. The van der Waals surface area contributed by atoms with Gasteiger partial charge in [-0.1, -0.05) is 30.0 Å². The Labute approximate surface area is 214 Å². The number of pyridine rings is 1. The summed E-state index contributed by atoms with van der Waals surface area (Å²) in [7, 11) is 0. The number of aromatic nitrogens is 1. The maximum Gasteiger partial charge on any atom is 0.326 e. The largest absolute Gasteiger partial charge is 0.439 e. The minimum atomic E-state index is -0.237. The molecule has 4 aliphatic rings. The summed E-state index contributed by atoms with van der Waals surface area (Å²) in [6.45, 7) is 2.72. The van der Waals surface area contributed by atoms with Crippen LogP contribution in [0.4, 0.5) is 10.5 Å². The number of nitrogens with zero attached hydrogens (tertiary/aromatic N) is 2. The zero-order valence-electron chi connectivity index (χ0n) is 20.1. The summed E-state index contributed by atoms with van der Waals surface area (Å²) < 4.78 is 5.88. The number of para-hydroxylation sites is 1. The van der Waals surface area contributed by atoms with Gasteiger partial charge in [-0.15, -0.1) is 0 Å². The fourth-order valence-electron chi connectivity index (χ4n) is 5.74. The van der Waals surface area contributed by atoms with Crippen LogP contribution in [0.1, 0.15) is 31.2 Å². The first kappa shape index (κ1) is 23.3. The molecule has 4 heterocycles. The minimum Gasteiger partial charge on any atom is -0.439 e. The van der Waals surface area contributed by atoms with Crippen molar-refractivity contribution >= 4 is 29.4 Å². The number of carbonyl (C=O) groups is 2. The lowest BCUT2D eigenvalue weighted by Gasteiger charge is -2.46. The molecule has 5 N–H and O–H groups in total. The number of amides is 3. The number of ether oxygens (including phenoxy) is 1. The summed E-state index contributed by atoms with van der Waals surface area (Å²) in [6.07, 6.45) is 5.32. The highest BCUT2D eigenvalue weighted by Gasteiger charge is 2.52. The number of aryl methyl sites for hydroxylation is 1. The van der Waals surface area contributed by atoms with E-state index in [0.717, 1.165) is 49.2 Å². The number of urea groups is 1. The third-order valence-electron chi connectivity index (χ3n) is 7.52. The molecular formula is C26H30N6O3S. The molecule has 9 nitrogen and oxygen atoms in total. The highest BCUT2D eigenvalue weighted by atomic mass is 32.2. The fraction of sp³-hybridized carbons (Fsp3) is 0.423. The average Bonchev–Trinajstić information content (AvgIpc) is 3.45. The highest BCUT2D eigenvalue weighted by molar-refractivity contribution is 8.04. The molecule has 1 saturated carbocycles. The minimum absolute atomic E-state index is 0.0140. The van der Waals surface area contributed by atoms with E-state index < -0.39 is 0 Å². The molecule has 0 bridgehead atoms. The van der Waals surface area contributed by atoms with Crippen molar-refractivity contribution in [1.82, 2.24) is 20.9 Å². The molecule has 3 fully saturated rings. The smallest absolute Gasteiger partial charge is 0.326 e. The predicted molar refractivity (Wildman–Crippen MR) is 139 cm³/mol. The summed E-state index contributed by atoms with van der Waals surface area (Å²) >= 11 is 1.51. The van der Waals surface area contributed by atoms with E-state index in [1.807, 2.05) is 48.2 Å². The van der Waals surface area contributed by atoms with Crippen LogP contribution in [0.15, 0.2) is 53.2 Å². The van der Waals surface area contributed by atoms with Crippen molar-refractivity contribution in [3.8, 4) is 11.6 Å². The summed E-state index contributed by atoms with van der Waals surface area (Å²) in [4.78, 5) is 33.6. The van der Waals surface area contributed by atoms with Crippen LogP contribution < -0.4 is 31.3 Å². The first-order valence-electron chi connectivity index (χ1n) is 12.5. The summed E-state index contributed by atoms with van der Waals surface area (Å²) in [6, 6.07) is 11.0. The van der Waals surface area contributed by atoms with E-state index in [1.165, 1.54) is 11.8 Å². The Morgan fingerprint density at radius 3 is 2.83 bits per heavy atom. The topological polar surface area (TPSA) is 122 Å². The van der Waals surface area contributed by atoms with Crippen molar-refractivity contribution in [2.24, 2.45) is 11.7 Å². The monoisotopic (exact) mass is 506 g/mol. The van der Waals surface area contributed by atoms with E-state index in [1.54, 1.807) is 6.20 Å². The van der Waals surface area contributed by atoms with Crippen LogP contribution in [-0.4, -0.2) is 47.0 Å². The van der Waals surface area contributed by atoms with Crippen LogP contribution in [-0.2, 0) is 4.79 Å². The zero-order valence-corrected chi connectivity index (χ0v) is 20.9. The van der Waals surface area contributed by atoms with Crippen LogP contribution in [0.5, 0.6) is 11.6 Å². The molecule has 10 heteroatoms. The number of hydrogen-bond donors (Lipinski definition) is 4. The Morgan fingerprint density at radius 1 is 1.25 bits per heavy atom. The molecule has 3 amide bonds. The van der Waals surface area contributed by atoms with Crippen LogP contribution >= 0.6 is 11.8 Å². The Hall–Kier alpha value is -3.08. The van der Waals surface area contributed by atoms with Gasteiger partial charge in [0.1, 0.15) is 5.75 Å². The van der Waals surface area contributed by atoms with Gasteiger partial charge in [-0.3, -0.25) is 9.69 Å². The molecule has 3 aliphatic heterocycles. The number of hydrogen-bond acceptors (Lipinski definition) is 7. The average molecular weight is 507 g/mol. The molecular weight excluding hydrogens is 476 g/mol. The molecule has 0 radical (unpaired) electrons. The van der Waals surface area contributed by atoms with Crippen molar-refractivity contribution in [3.63, 3.8) is 0 Å². The second-order valence-corrected chi connectivity index (χ2v) is 11.0. The maximum atomic E-state index is 13.5. The maximum absolute atomic E-state index is 13.5. The van der Waals surface area contributed by atoms with Crippen LogP contribution in [0.3, 0.4) is 0 Å². The summed E-state index contributed by atoms with van der Waals surface area (Å²) in [5.74, 6) is 1.03. The quantitative estimate of drug-likeness (QED) is 0.492. The number of anilines is 1. The van der Waals surface area contributed by atoms with Gasteiger partial charge in [-0.05, 0) is 56.8 Å². The van der Waals surface area contributed by atoms with E-state index in [4.69, 9.17) is 10.5 Å². The molecule has 3 unspecified atom stereocenters. The number of piperidine rings is 1. The molecule has 1 aromatic heterocycles. The van der Waals surface area contributed by atoms with E-state index in [9.17, 15) is 9.59 Å². The van der Waals surface area contributed by atoms with Crippen molar-refractivity contribution in [1.29, 1.82) is 0 Å². The van der Waals surface area contributed by atoms with Gasteiger partial charge >= 0.3 is 6.03 Å². The fourth-order valence-corrected chi connectivity index (χ4v) is 7.14. The molecule has 188 valence electrons. The Kier molecular flexibility index (Phi) is 6.10. The van der Waals surface area contributed by atoms with Gasteiger partial charge in [0.05, 0.1) is 28.2 Å². The Morgan fingerprint density at radius 2 is 2.08 bits per heavy atom. The number of benzene rings is 1. The second kappa shape index (κ2) is 9.42. The van der Waals surface area contributed by atoms with Gasteiger partial charge in [0, 0.05) is 29.8 Å². The van der Waals surface area contributed by atoms with Gasteiger partial charge in [0.15, 0.2) is 0 Å². The van der Waals surface area contributed by atoms with Gasteiger partial charge in [-0.2, -0.15) is 0 Å². The number of thioether (sulfide) groups is 1. The number of rotatable bonds is 5. The van der Waals surface area contributed by atoms with Crippen LogP contribution in [0, 0.1) is 12.8 Å². The lowest BCUT2D eigenvalue weighted by atomic mass is 9.86. The van der Waals surface area contributed by atoms with Crippen molar-refractivity contribution in [2.75, 3.05) is 11.4 Å². The van der Waals surface area contributed by atoms with Crippen molar-refractivity contribution < 1.29 is 14.3 Å². The summed E-state index contributed by atoms with van der Waals surface area (Å²) in [5, 5.41) is 9.74. The molecule has 6 rings (SSSR count). The highest BCUT2D eigenvalue weighted by Crippen LogP contribution is 2.48. The van der Waals surface area contributed by atoms with Crippen LogP contribution in [0.2, 0.25) is 0 Å². The van der Waals surface area contributed by atoms with Crippen molar-refractivity contribution in [3.05, 3.63) is 58.8 Å². The molecule has 2 aromatic rings. The summed E-state index contributed by atoms with van der Waals surface area (Å²) in [5.41, 5.74) is 8.54. The molecule has 1 aromatic carbocycles. The SMILES string of the molecule is Cc1cc(Oc2ccccc2)ncc1N1C(=O)NC2=C(C(=O)N[C@@H]3CCC[C@H]3N)SC3NCCC1C23. The number of carbonyl (C=O) groups excluding carboxylic acids is 2. The van der Waals surface area contributed by atoms with E-state index in [2.05, 4.69) is 20.9 Å². The number of nitrogens with one attached hydrogen (secondary N) is 3. The zero-order chi connectivity index (χ0) is 24.8. The standard InChI is InChI=1S/C26H30N6O3S/c1-14-12-20(35-15-6-3-2-4-7-15)29-13-19(14)32-18-10-11-28-25-21(18)22(31-26(32)34)23(36-25)24(33)30-17-9-5-8-16(17)27/h2-4,6-7,12-13,16-18,21,25,28H,5,8-11,27H2,1H3,(H,30,33)(H,31,34)/t16-,17-,18?,21?,25?/m1/s1.